The molecule has 0 unspecified atom stereocenters. The molecule has 1 aromatic rings. The lowest BCUT2D eigenvalue weighted by Crippen LogP contribution is -2.26. The molecule has 8 heteroatoms. The van der Waals surface area contributed by atoms with Crippen LogP contribution in [0.3, 0.4) is 0 Å². The van der Waals surface area contributed by atoms with E-state index in [4.69, 9.17) is 4.74 Å². The van der Waals surface area contributed by atoms with Gasteiger partial charge in [0.05, 0.1) is 12.8 Å². The fourth-order valence-electron chi connectivity index (χ4n) is 1.07. The van der Waals surface area contributed by atoms with Crippen LogP contribution in [0.25, 0.3) is 0 Å². The zero-order valence-corrected chi connectivity index (χ0v) is 10.1. The van der Waals surface area contributed by atoms with E-state index in [1.807, 2.05) is 0 Å². The number of aromatic nitrogens is 2. The molecule has 1 rings (SSSR count). The van der Waals surface area contributed by atoms with E-state index in [9.17, 15) is 13.2 Å². The predicted molar refractivity (Wildman–Crippen MR) is 59.9 cm³/mol. The largest absolute Gasteiger partial charge is 0.462 e. The summed E-state index contributed by atoms with van der Waals surface area (Å²) in [5.41, 5.74) is -0.122. The summed E-state index contributed by atoms with van der Waals surface area (Å²) < 4.78 is 30.4. The molecule has 0 aliphatic heterocycles. The van der Waals surface area contributed by atoms with Gasteiger partial charge in [0, 0.05) is 6.54 Å². The molecular formula is C9H13N3O4S. The molecule has 0 aromatic carbocycles. The highest BCUT2D eigenvalue weighted by Crippen LogP contribution is 2.12. The van der Waals surface area contributed by atoms with Gasteiger partial charge in [-0.2, -0.15) is 5.10 Å². The quantitative estimate of drug-likeness (QED) is 0.555. The Hall–Kier alpha value is -1.67. The number of hydrogen-bond acceptors (Lipinski definition) is 5. The lowest BCUT2D eigenvalue weighted by Gasteiger charge is -2.04. The second-order valence-corrected chi connectivity index (χ2v) is 4.68. The average molecular weight is 259 g/mol. The van der Waals surface area contributed by atoms with E-state index in [-0.39, 0.29) is 23.7 Å². The molecule has 0 spiro atoms. The average Bonchev–Trinajstić information content (AvgIpc) is 2.76. The van der Waals surface area contributed by atoms with Crippen molar-refractivity contribution in [2.24, 2.45) is 0 Å². The maximum Gasteiger partial charge on any atom is 0.342 e. The van der Waals surface area contributed by atoms with Crippen LogP contribution in [0.2, 0.25) is 0 Å². The van der Waals surface area contributed by atoms with Crippen molar-refractivity contribution in [3.05, 3.63) is 24.4 Å². The van der Waals surface area contributed by atoms with Gasteiger partial charge >= 0.3 is 5.97 Å². The van der Waals surface area contributed by atoms with Crippen molar-refractivity contribution in [2.45, 2.75) is 11.9 Å². The zero-order chi connectivity index (χ0) is 12.9. The highest BCUT2D eigenvalue weighted by atomic mass is 32.2. The van der Waals surface area contributed by atoms with Gasteiger partial charge in [0.1, 0.15) is 5.56 Å². The maximum atomic E-state index is 11.7. The van der Waals surface area contributed by atoms with Crippen LogP contribution in [0, 0.1) is 0 Å². The van der Waals surface area contributed by atoms with E-state index in [0.29, 0.717) is 0 Å². The van der Waals surface area contributed by atoms with E-state index < -0.39 is 16.0 Å². The molecule has 0 saturated carbocycles. The molecule has 7 nitrogen and oxygen atoms in total. The van der Waals surface area contributed by atoms with E-state index in [1.54, 1.807) is 6.92 Å². The molecule has 1 heterocycles. The van der Waals surface area contributed by atoms with Gasteiger partial charge < -0.3 is 4.74 Å². The highest BCUT2D eigenvalue weighted by Gasteiger charge is 2.25. The van der Waals surface area contributed by atoms with Gasteiger partial charge in [-0.3, -0.25) is 5.10 Å². The monoisotopic (exact) mass is 259 g/mol. The summed E-state index contributed by atoms with van der Waals surface area (Å²) in [4.78, 5) is 11.5. The van der Waals surface area contributed by atoms with Gasteiger partial charge in [-0.1, -0.05) is 6.08 Å². The number of nitrogens with zero attached hydrogens (tertiary/aromatic N) is 1. The number of aromatic amines is 1. The van der Waals surface area contributed by atoms with Crippen molar-refractivity contribution < 1.29 is 17.9 Å². The number of sulfonamides is 1. The number of rotatable bonds is 6. The number of esters is 1. The Labute approximate surface area is 98.9 Å². The molecular weight excluding hydrogens is 246 g/mol. The minimum atomic E-state index is -3.81. The molecule has 1 aromatic heterocycles. The van der Waals surface area contributed by atoms with Crippen LogP contribution < -0.4 is 4.72 Å². The van der Waals surface area contributed by atoms with E-state index in [2.05, 4.69) is 21.5 Å². The smallest absolute Gasteiger partial charge is 0.342 e. The molecule has 0 atom stereocenters. The third-order valence-corrected chi connectivity index (χ3v) is 3.18. The topological polar surface area (TPSA) is 101 Å². The Morgan fingerprint density at radius 3 is 3.00 bits per heavy atom. The highest BCUT2D eigenvalue weighted by molar-refractivity contribution is 7.89. The molecule has 0 aliphatic rings. The lowest BCUT2D eigenvalue weighted by atomic mass is 10.4. The van der Waals surface area contributed by atoms with Gasteiger partial charge in [-0.25, -0.2) is 17.9 Å². The number of H-pyrrole nitrogens is 1. The molecule has 0 fully saturated rings. The van der Waals surface area contributed by atoms with Crippen molar-refractivity contribution in [2.75, 3.05) is 13.2 Å². The Bertz CT molecular complexity index is 506. The second kappa shape index (κ2) is 5.60. The van der Waals surface area contributed by atoms with Gasteiger partial charge in [0.25, 0.3) is 10.0 Å². The summed E-state index contributed by atoms with van der Waals surface area (Å²) in [7, 11) is -3.81. The zero-order valence-electron chi connectivity index (χ0n) is 9.26. The Balaban J connectivity index is 3.03. The summed E-state index contributed by atoms with van der Waals surface area (Å²) in [6, 6.07) is 0. The predicted octanol–water partition coefficient (Wildman–Crippen LogP) is 0.0507. The van der Waals surface area contributed by atoms with Crippen LogP contribution in [0.5, 0.6) is 0 Å². The Morgan fingerprint density at radius 2 is 2.41 bits per heavy atom. The summed E-state index contributed by atoms with van der Waals surface area (Å²) in [6.07, 6.45) is 2.50. The SMILES string of the molecule is C=CCNS(=O)(=O)c1[nH]ncc1C(=O)OCC. The summed E-state index contributed by atoms with van der Waals surface area (Å²) in [6.45, 7) is 5.23. The number of carbonyl (C=O) groups excluding carboxylic acids is 1. The first-order chi connectivity index (χ1) is 8.03. The summed E-state index contributed by atoms with van der Waals surface area (Å²) in [5.74, 6) is -0.736. The van der Waals surface area contributed by atoms with Gasteiger partial charge in [0.15, 0.2) is 5.03 Å². The van der Waals surface area contributed by atoms with E-state index >= 15 is 0 Å². The minimum Gasteiger partial charge on any atom is -0.462 e. The maximum absolute atomic E-state index is 11.7. The summed E-state index contributed by atoms with van der Waals surface area (Å²) in [5, 5.41) is 5.48. The molecule has 0 radical (unpaired) electrons. The third-order valence-electron chi connectivity index (χ3n) is 1.79. The molecule has 0 bridgehead atoms. The standard InChI is InChI=1S/C9H13N3O4S/c1-3-5-11-17(14,15)8-7(6-10-12-8)9(13)16-4-2/h3,6,11H,1,4-5H2,2H3,(H,10,12). The first-order valence-electron chi connectivity index (χ1n) is 4.84. The van der Waals surface area contributed by atoms with E-state index in [1.165, 1.54) is 6.08 Å². The van der Waals surface area contributed by atoms with Gasteiger partial charge in [-0.15, -0.1) is 6.58 Å². The molecule has 17 heavy (non-hydrogen) atoms. The van der Waals surface area contributed by atoms with Crippen molar-refractivity contribution in [1.82, 2.24) is 14.9 Å². The first kappa shape index (κ1) is 13.4. The van der Waals surface area contributed by atoms with Crippen LogP contribution >= 0.6 is 0 Å². The van der Waals surface area contributed by atoms with Crippen molar-refractivity contribution >= 4 is 16.0 Å². The number of hydrogen-bond donors (Lipinski definition) is 2. The third kappa shape index (κ3) is 3.14. The molecule has 2 N–H and O–H groups in total. The Kier molecular flexibility index (Phi) is 4.41. The van der Waals surface area contributed by atoms with Crippen molar-refractivity contribution in [1.29, 1.82) is 0 Å². The van der Waals surface area contributed by atoms with E-state index in [0.717, 1.165) is 6.20 Å². The molecule has 0 amide bonds. The van der Waals surface area contributed by atoms with Crippen LogP contribution in [0.4, 0.5) is 0 Å². The molecule has 0 saturated heterocycles. The fourth-order valence-corrected chi connectivity index (χ4v) is 2.15. The molecule has 94 valence electrons. The van der Waals surface area contributed by atoms with Crippen LogP contribution in [-0.2, 0) is 14.8 Å². The normalized spacial score (nSPS) is 11.1. The minimum absolute atomic E-state index is 0.0591. The molecule has 0 aliphatic carbocycles. The van der Waals surface area contributed by atoms with Gasteiger partial charge in [-0.05, 0) is 6.92 Å². The number of ether oxygens (including phenoxy) is 1. The fraction of sp³-hybridized carbons (Fsp3) is 0.333. The van der Waals surface area contributed by atoms with Crippen molar-refractivity contribution in [3.63, 3.8) is 0 Å². The first-order valence-corrected chi connectivity index (χ1v) is 6.32. The van der Waals surface area contributed by atoms with Crippen LogP contribution in [-0.4, -0.2) is 37.7 Å². The van der Waals surface area contributed by atoms with Crippen LogP contribution in [0.15, 0.2) is 23.9 Å². The number of nitrogens with one attached hydrogen (secondary N) is 2. The second-order valence-electron chi connectivity index (χ2n) is 2.97. The van der Waals surface area contributed by atoms with Crippen molar-refractivity contribution in [3.8, 4) is 0 Å². The van der Waals surface area contributed by atoms with Gasteiger partial charge in [0.2, 0.25) is 0 Å². The van der Waals surface area contributed by atoms with Crippen LogP contribution in [0.1, 0.15) is 17.3 Å². The Morgan fingerprint density at radius 1 is 1.71 bits per heavy atom. The summed E-state index contributed by atoms with van der Waals surface area (Å²) >= 11 is 0. The lowest BCUT2D eigenvalue weighted by molar-refractivity contribution is 0.0522. The number of carbonyl (C=O) groups is 1.